The molecular weight excluding hydrogens is 102 g/mol. The third-order valence-electron chi connectivity index (χ3n) is 0.665. The number of nitrogens with zero attached hydrogens (tertiary/aromatic N) is 1. The SMILES string of the molecule is C=CN=C(C)COC. The highest BCUT2D eigenvalue weighted by Crippen LogP contribution is 1.77. The average molecular weight is 113 g/mol. The van der Waals surface area contributed by atoms with Crippen molar-refractivity contribution in [2.45, 2.75) is 6.92 Å². The van der Waals surface area contributed by atoms with Crippen LogP contribution in [0.15, 0.2) is 17.8 Å². The molecule has 0 aliphatic rings. The van der Waals surface area contributed by atoms with E-state index in [1.807, 2.05) is 6.92 Å². The van der Waals surface area contributed by atoms with Crippen LogP contribution in [0.2, 0.25) is 0 Å². The third-order valence-corrected chi connectivity index (χ3v) is 0.665. The van der Waals surface area contributed by atoms with E-state index in [-0.39, 0.29) is 0 Å². The van der Waals surface area contributed by atoms with E-state index >= 15 is 0 Å². The van der Waals surface area contributed by atoms with Crippen molar-refractivity contribution in [1.82, 2.24) is 0 Å². The molecule has 8 heavy (non-hydrogen) atoms. The lowest BCUT2D eigenvalue weighted by atomic mass is 10.5. The van der Waals surface area contributed by atoms with Gasteiger partial charge in [-0.05, 0) is 6.92 Å². The Kier molecular flexibility index (Phi) is 4.17. The van der Waals surface area contributed by atoms with Crippen molar-refractivity contribution < 1.29 is 4.74 Å². The van der Waals surface area contributed by atoms with Gasteiger partial charge in [0.2, 0.25) is 0 Å². The smallest absolute Gasteiger partial charge is 0.0841 e. The topological polar surface area (TPSA) is 21.6 Å². The van der Waals surface area contributed by atoms with Crippen LogP contribution in [0.4, 0.5) is 0 Å². The van der Waals surface area contributed by atoms with E-state index in [2.05, 4.69) is 11.6 Å². The summed E-state index contributed by atoms with van der Waals surface area (Å²) in [6, 6.07) is 0. The zero-order chi connectivity index (χ0) is 6.41. The monoisotopic (exact) mass is 113 g/mol. The largest absolute Gasteiger partial charge is 0.379 e. The summed E-state index contributed by atoms with van der Waals surface area (Å²) in [5, 5.41) is 0. The zero-order valence-electron chi connectivity index (χ0n) is 5.35. The molecule has 0 aromatic rings. The van der Waals surface area contributed by atoms with Crippen LogP contribution in [0.5, 0.6) is 0 Å². The van der Waals surface area contributed by atoms with Gasteiger partial charge in [-0.15, -0.1) is 0 Å². The summed E-state index contributed by atoms with van der Waals surface area (Å²) in [6.07, 6.45) is 1.51. The zero-order valence-corrected chi connectivity index (χ0v) is 5.35. The molecule has 0 aliphatic heterocycles. The minimum absolute atomic E-state index is 0.589. The predicted molar refractivity (Wildman–Crippen MR) is 35.2 cm³/mol. The van der Waals surface area contributed by atoms with Crippen molar-refractivity contribution in [3.63, 3.8) is 0 Å². The van der Waals surface area contributed by atoms with Crippen molar-refractivity contribution >= 4 is 5.71 Å². The second kappa shape index (κ2) is 4.53. The minimum atomic E-state index is 0.589. The van der Waals surface area contributed by atoms with E-state index in [9.17, 15) is 0 Å². The van der Waals surface area contributed by atoms with E-state index < -0.39 is 0 Å². The summed E-state index contributed by atoms with van der Waals surface area (Å²) in [4.78, 5) is 3.87. The molecule has 0 amide bonds. The highest BCUT2D eigenvalue weighted by Gasteiger charge is 1.82. The van der Waals surface area contributed by atoms with Crippen LogP contribution in [0.25, 0.3) is 0 Å². The molecule has 0 fully saturated rings. The van der Waals surface area contributed by atoms with Gasteiger partial charge < -0.3 is 4.74 Å². The van der Waals surface area contributed by atoms with E-state index in [4.69, 9.17) is 4.74 Å². The molecule has 0 aromatic carbocycles. The van der Waals surface area contributed by atoms with E-state index in [0.717, 1.165) is 5.71 Å². The van der Waals surface area contributed by atoms with Crippen LogP contribution in [0, 0.1) is 0 Å². The third kappa shape index (κ3) is 3.56. The molecule has 2 heteroatoms. The summed E-state index contributed by atoms with van der Waals surface area (Å²) >= 11 is 0. The Labute approximate surface area is 49.9 Å². The first-order chi connectivity index (χ1) is 3.81. The van der Waals surface area contributed by atoms with Crippen molar-refractivity contribution in [2.75, 3.05) is 13.7 Å². The molecular formula is C6H11NO. The summed E-state index contributed by atoms with van der Waals surface area (Å²) < 4.78 is 4.78. The minimum Gasteiger partial charge on any atom is -0.379 e. The fourth-order valence-corrected chi connectivity index (χ4v) is 0.402. The fourth-order valence-electron chi connectivity index (χ4n) is 0.402. The molecule has 46 valence electrons. The van der Waals surface area contributed by atoms with Crippen LogP contribution in [0.1, 0.15) is 6.92 Å². The number of aliphatic imine (C=N–C) groups is 1. The fraction of sp³-hybridized carbons (Fsp3) is 0.500. The quantitative estimate of drug-likeness (QED) is 0.504. The van der Waals surface area contributed by atoms with Crippen LogP contribution in [0.3, 0.4) is 0 Å². The Balaban J connectivity index is 3.44. The number of ether oxygens (including phenoxy) is 1. The molecule has 0 aliphatic carbocycles. The van der Waals surface area contributed by atoms with Gasteiger partial charge in [-0.2, -0.15) is 0 Å². The van der Waals surface area contributed by atoms with Crippen LogP contribution in [-0.4, -0.2) is 19.4 Å². The molecule has 0 saturated heterocycles. The molecule has 0 radical (unpaired) electrons. The van der Waals surface area contributed by atoms with Gasteiger partial charge in [0.05, 0.1) is 6.61 Å². The molecule has 0 aromatic heterocycles. The second-order valence-electron chi connectivity index (χ2n) is 1.48. The Morgan fingerprint density at radius 3 is 2.88 bits per heavy atom. The van der Waals surface area contributed by atoms with Crippen molar-refractivity contribution in [3.05, 3.63) is 12.8 Å². The molecule has 0 heterocycles. The van der Waals surface area contributed by atoms with Crippen LogP contribution < -0.4 is 0 Å². The van der Waals surface area contributed by atoms with Gasteiger partial charge in [0, 0.05) is 19.0 Å². The first-order valence-electron chi connectivity index (χ1n) is 2.44. The van der Waals surface area contributed by atoms with Crippen LogP contribution >= 0.6 is 0 Å². The van der Waals surface area contributed by atoms with Gasteiger partial charge >= 0.3 is 0 Å². The molecule has 0 unspecified atom stereocenters. The van der Waals surface area contributed by atoms with Crippen LogP contribution in [-0.2, 0) is 4.74 Å². The number of rotatable bonds is 3. The molecule has 0 bridgehead atoms. The summed E-state index contributed by atoms with van der Waals surface area (Å²) in [5.74, 6) is 0. The summed E-state index contributed by atoms with van der Waals surface area (Å²) in [7, 11) is 1.64. The summed E-state index contributed by atoms with van der Waals surface area (Å²) in [6.45, 7) is 5.92. The maximum Gasteiger partial charge on any atom is 0.0841 e. The molecule has 0 N–H and O–H groups in total. The van der Waals surface area contributed by atoms with Gasteiger partial charge in [-0.3, -0.25) is 4.99 Å². The van der Waals surface area contributed by atoms with Crippen molar-refractivity contribution in [1.29, 1.82) is 0 Å². The number of hydrogen-bond acceptors (Lipinski definition) is 2. The van der Waals surface area contributed by atoms with Crippen molar-refractivity contribution in [2.24, 2.45) is 4.99 Å². The highest BCUT2D eigenvalue weighted by molar-refractivity contribution is 5.83. The molecule has 2 nitrogen and oxygen atoms in total. The number of methoxy groups -OCH3 is 1. The van der Waals surface area contributed by atoms with E-state index in [1.54, 1.807) is 7.11 Å². The predicted octanol–water partition coefficient (Wildman–Crippen LogP) is 1.24. The molecule has 0 atom stereocenters. The maximum atomic E-state index is 4.78. The maximum absolute atomic E-state index is 4.78. The first-order valence-corrected chi connectivity index (χ1v) is 2.44. The summed E-state index contributed by atoms with van der Waals surface area (Å²) in [5.41, 5.74) is 0.947. The van der Waals surface area contributed by atoms with E-state index in [0.29, 0.717) is 6.61 Å². The van der Waals surface area contributed by atoms with Crippen molar-refractivity contribution in [3.8, 4) is 0 Å². The molecule has 0 spiro atoms. The molecule has 0 saturated carbocycles. The molecule has 0 rings (SSSR count). The average Bonchev–Trinajstić information content (AvgIpc) is 1.68. The lowest BCUT2D eigenvalue weighted by Crippen LogP contribution is -1.99. The van der Waals surface area contributed by atoms with E-state index in [1.165, 1.54) is 6.20 Å². The lowest BCUT2D eigenvalue weighted by molar-refractivity contribution is 0.245. The van der Waals surface area contributed by atoms with Gasteiger partial charge in [0.25, 0.3) is 0 Å². The highest BCUT2D eigenvalue weighted by atomic mass is 16.5. The van der Waals surface area contributed by atoms with Gasteiger partial charge in [0.1, 0.15) is 0 Å². The Morgan fingerprint density at radius 2 is 2.50 bits per heavy atom. The standard InChI is InChI=1S/C6H11NO/c1-4-7-6(2)5-8-3/h4H,1,5H2,2-3H3. The Morgan fingerprint density at radius 1 is 1.88 bits per heavy atom. The van der Waals surface area contributed by atoms with Gasteiger partial charge in [-0.1, -0.05) is 6.58 Å². The Hall–Kier alpha value is -0.630. The first kappa shape index (κ1) is 7.37. The lowest BCUT2D eigenvalue weighted by Gasteiger charge is -1.92. The normalized spacial score (nSPS) is 11.5. The van der Waals surface area contributed by atoms with Gasteiger partial charge in [-0.25, -0.2) is 0 Å². The van der Waals surface area contributed by atoms with Gasteiger partial charge in [0.15, 0.2) is 0 Å². The second-order valence-corrected chi connectivity index (χ2v) is 1.48. The Bertz CT molecular complexity index is 96.7. The number of hydrogen-bond donors (Lipinski definition) is 0.